The Balaban J connectivity index is 1.88. The number of aromatic nitrogens is 1. The van der Waals surface area contributed by atoms with Crippen LogP contribution in [0.4, 0.5) is 0 Å². The van der Waals surface area contributed by atoms with Crippen LogP contribution in [0.3, 0.4) is 0 Å². The molecule has 0 aliphatic rings. The zero-order valence-electron chi connectivity index (χ0n) is 15.3. The van der Waals surface area contributed by atoms with E-state index < -0.39 is 0 Å². The number of ether oxygens (including phenoxy) is 1. The van der Waals surface area contributed by atoms with Gasteiger partial charge in [-0.2, -0.15) is 0 Å². The maximum Gasteiger partial charge on any atom is 0.213 e. The number of nitrogens with zero attached hydrogens (tertiary/aromatic N) is 2. The lowest BCUT2D eigenvalue weighted by Crippen LogP contribution is -2.39. The fourth-order valence-corrected chi connectivity index (χ4v) is 3.27. The van der Waals surface area contributed by atoms with E-state index in [1.807, 2.05) is 30.4 Å². The Kier molecular flexibility index (Phi) is 8.25. The van der Waals surface area contributed by atoms with Crippen molar-refractivity contribution < 1.29 is 4.74 Å². The second-order valence-electron chi connectivity index (χ2n) is 5.90. The summed E-state index contributed by atoms with van der Waals surface area (Å²) in [6.45, 7) is 9.23. The molecule has 5 nitrogen and oxygen atoms in total. The van der Waals surface area contributed by atoms with Gasteiger partial charge in [0.15, 0.2) is 5.96 Å². The Hall–Kier alpha value is -2.08. The monoisotopic (exact) mass is 360 g/mol. The van der Waals surface area contributed by atoms with Crippen LogP contribution in [-0.2, 0) is 13.0 Å². The molecule has 2 aromatic heterocycles. The van der Waals surface area contributed by atoms with E-state index in [0.29, 0.717) is 24.9 Å². The van der Waals surface area contributed by atoms with Crippen LogP contribution >= 0.6 is 11.3 Å². The Morgan fingerprint density at radius 3 is 2.92 bits per heavy atom. The van der Waals surface area contributed by atoms with Gasteiger partial charge in [-0.15, -0.1) is 11.3 Å². The first-order valence-electron chi connectivity index (χ1n) is 8.83. The molecule has 0 fully saturated rings. The minimum absolute atomic E-state index is 0.549. The van der Waals surface area contributed by atoms with E-state index >= 15 is 0 Å². The lowest BCUT2D eigenvalue weighted by molar-refractivity contribution is 0.326. The summed E-state index contributed by atoms with van der Waals surface area (Å²) >= 11 is 1.82. The van der Waals surface area contributed by atoms with E-state index in [9.17, 15) is 0 Å². The quantitative estimate of drug-likeness (QED) is 0.531. The predicted octanol–water partition coefficient (Wildman–Crippen LogP) is 3.48. The molecule has 136 valence electrons. The van der Waals surface area contributed by atoms with E-state index in [-0.39, 0.29) is 0 Å². The molecule has 6 heteroatoms. The minimum Gasteiger partial charge on any atom is -0.478 e. The third-order valence-corrected chi connectivity index (χ3v) is 4.50. The molecule has 1 atom stereocenters. The van der Waals surface area contributed by atoms with Crippen LogP contribution in [0.5, 0.6) is 5.88 Å². The molecule has 2 N–H and O–H groups in total. The number of pyridine rings is 1. The molecule has 0 aromatic carbocycles. The third kappa shape index (κ3) is 7.13. The summed E-state index contributed by atoms with van der Waals surface area (Å²) < 4.78 is 5.44. The van der Waals surface area contributed by atoms with Crippen LogP contribution in [0.25, 0.3) is 0 Å². The minimum atomic E-state index is 0.549. The van der Waals surface area contributed by atoms with Crippen molar-refractivity contribution >= 4 is 17.3 Å². The third-order valence-electron chi connectivity index (χ3n) is 3.60. The summed E-state index contributed by atoms with van der Waals surface area (Å²) in [5, 5.41) is 8.87. The number of nitrogens with one attached hydrogen (secondary N) is 2. The Morgan fingerprint density at radius 2 is 2.20 bits per heavy atom. The van der Waals surface area contributed by atoms with Gasteiger partial charge in [-0.25, -0.2) is 9.98 Å². The van der Waals surface area contributed by atoms with Crippen LogP contribution in [0.1, 0.15) is 31.2 Å². The summed E-state index contributed by atoms with van der Waals surface area (Å²) in [5.74, 6) is 2.04. The average molecular weight is 361 g/mol. The highest BCUT2D eigenvalue weighted by molar-refractivity contribution is 7.09. The number of guanidine groups is 1. The van der Waals surface area contributed by atoms with Crippen molar-refractivity contribution in [2.45, 2.75) is 33.7 Å². The molecule has 0 saturated heterocycles. The number of aliphatic imine (C=N–C) groups is 1. The fourth-order valence-electron chi connectivity index (χ4n) is 2.40. The van der Waals surface area contributed by atoms with Crippen LogP contribution < -0.4 is 15.4 Å². The maximum absolute atomic E-state index is 5.44. The van der Waals surface area contributed by atoms with E-state index in [0.717, 1.165) is 31.0 Å². The lowest BCUT2D eigenvalue weighted by atomic mass is 10.1. The molecule has 0 bridgehead atoms. The van der Waals surface area contributed by atoms with Gasteiger partial charge in [-0.1, -0.05) is 13.0 Å². The summed E-state index contributed by atoms with van der Waals surface area (Å²) in [6.07, 6.45) is 2.85. The zero-order chi connectivity index (χ0) is 17.9. The summed E-state index contributed by atoms with van der Waals surface area (Å²) in [7, 11) is 0. The highest BCUT2D eigenvalue weighted by atomic mass is 32.1. The molecule has 2 aromatic rings. The highest BCUT2D eigenvalue weighted by Crippen LogP contribution is 2.14. The molecule has 0 aliphatic heterocycles. The van der Waals surface area contributed by atoms with Crippen molar-refractivity contribution in [1.82, 2.24) is 15.6 Å². The fraction of sp³-hybridized carbons (Fsp3) is 0.474. The van der Waals surface area contributed by atoms with Crippen LogP contribution in [-0.4, -0.2) is 30.6 Å². The van der Waals surface area contributed by atoms with Gasteiger partial charge in [0.2, 0.25) is 5.88 Å². The molecule has 0 radical (unpaired) electrons. The van der Waals surface area contributed by atoms with Gasteiger partial charge in [-0.3, -0.25) is 0 Å². The topological polar surface area (TPSA) is 58.5 Å². The molecule has 0 amide bonds. The van der Waals surface area contributed by atoms with Crippen molar-refractivity contribution in [2.75, 3.05) is 19.7 Å². The predicted molar refractivity (Wildman–Crippen MR) is 105 cm³/mol. The lowest BCUT2D eigenvalue weighted by Gasteiger charge is -2.15. The Bertz CT molecular complexity index is 643. The molecule has 2 heterocycles. The van der Waals surface area contributed by atoms with Crippen LogP contribution in [0, 0.1) is 5.92 Å². The second kappa shape index (κ2) is 10.7. The van der Waals surface area contributed by atoms with Gasteiger partial charge in [0.25, 0.3) is 0 Å². The first kappa shape index (κ1) is 19.2. The summed E-state index contributed by atoms with van der Waals surface area (Å²) in [6, 6.07) is 8.21. The van der Waals surface area contributed by atoms with Crippen molar-refractivity contribution in [3.8, 4) is 5.88 Å². The molecule has 25 heavy (non-hydrogen) atoms. The standard InChI is InChI=1S/C19H28N4OS/c1-4-20-19(22-13-15(3)11-17-7-6-10-25-17)23-14-16-8-9-21-18(12-16)24-5-2/h6-10,12,15H,4-5,11,13-14H2,1-3H3,(H2,20,22,23). The average Bonchev–Trinajstić information content (AvgIpc) is 3.11. The maximum atomic E-state index is 5.44. The zero-order valence-corrected chi connectivity index (χ0v) is 16.1. The molecule has 0 spiro atoms. The van der Waals surface area contributed by atoms with E-state index in [4.69, 9.17) is 4.74 Å². The van der Waals surface area contributed by atoms with Crippen LogP contribution in [0.2, 0.25) is 0 Å². The molecular weight excluding hydrogens is 332 g/mol. The number of hydrogen-bond donors (Lipinski definition) is 2. The molecule has 0 aliphatic carbocycles. The van der Waals surface area contributed by atoms with Crippen molar-refractivity contribution in [2.24, 2.45) is 10.9 Å². The van der Waals surface area contributed by atoms with Crippen molar-refractivity contribution in [3.63, 3.8) is 0 Å². The summed E-state index contributed by atoms with van der Waals surface area (Å²) in [4.78, 5) is 10.3. The highest BCUT2D eigenvalue weighted by Gasteiger charge is 2.06. The van der Waals surface area contributed by atoms with E-state index in [2.05, 4.69) is 52.0 Å². The molecule has 1 unspecified atom stereocenters. The molecule has 2 rings (SSSR count). The van der Waals surface area contributed by atoms with Gasteiger partial charge in [0.1, 0.15) is 0 Å². The van der Waals surface area contributed by atoms with E-state index in [1.54, 1.807) is 6.20 Å². The van der Waals surface area contributed by atoms with Crippen LogP contribution in [0.15, 0.2) is 40.8 Å². The number of thiophene rings is 1. The van der Waals surface area contributed by atoms with Crippen molar-refractivity contribution in [3.05, 3.63) is 46.3 Å². The normalized spacial score (nSPS) is 12.7. The molecular formula is C19H28N4OS. The Labute approximate surface area is 154 Å². The first-order chi connectivity index (χ1) is 12.2. The first-order valence-corrected chi connectivity index (χ1v) is 9.71. The second-order valence-corrected chi connectivity index (χ2v) is 6.93. The Morgan fingerprint density at radius 1 is 1.32 bits per heavy atom. The SMILES string of the molecule is CCNC(=NCc1ccnc(OCC)c1)NCC(C)Cc1cccs1. The van der Waals surface area contributed by atoms with Crippen molar-refractivity contribution in [1.29, 1.82) is 0 Å². The van der Waals surface area contributed by atoms with Gasteiger partial charge in [0, 0.05) is 30.2 Å². The van der Waals surface area contributed by atoms with Gasteiger partial charge in [0.05, 0.1) is 13.2 Å². The van der Waals surface area contributed by atoms with Gasteiger partial charge < -0.3 is 15.4 Å². The number of hydrogen-bond acceptors (Lipinski definition) is 4. The van der Waals surface area contributed by atoms with Gasteiger partial charge in [-0.05, 0) is 49.3 Å². The smallest absolute Gasteiger partial charge is 0.213 e. The number of rotatable bonds is 9. The molecule has 0 saturated carbocycles. The largest absolute Gasteiger partial charge is 0.478 e. The van der Waals surface area contributed by atoms with Gasteiger partial charge >= 0.3 is 0 Å². The van der Waals surface area contributed by atoms with E-state index in [1.165, 1.54) is 4.88 Å². The summed E-state index contributed by atoms with van der Waals surface area (Å²) in [5.41, 5.74) is 1.09.